The molecule has 0 fully saturated rings. The summed E-state index contributed by atoms with van der Waals surface area (Å²) in [6, 6.07) is 12.8. The third kappa shape index (κ3) is 2.41. The molecule has 0 aromatic heterocycles. The minimum absolute atomic E-state index is 0.145. The van der Waals surface area contributed by atoms with E-state index in [0.717, 1.165) is 24.2 Å². The summed E-state index contributed by atoms with van der Waals surface area (Å²) in [5.74, 6) is 1.63. The fraction of sp³-hybridized carbons (Fsp3) is 0.368. The van der Waals surface area contributed by atoms with E-state index < -0.39 is 0 Å². The maximum Gasteiger partial charge on any atom is 0.126 e. The zero-order valence-corrected chi connectivity index (χ0v) is 13.0. The van der Waals surface area contributed by atoms with Crippen LogP contribution in [0.3, 0.4) is 0 Å². The van der Waals surface area contributed by atoms with Crippen LogP contribution in [0.1, 0.15) is 43.7 Å². The first-order chi connectivity index (χ1) is 10.5. The molecule has 0 radical (unpaired) electrons. The topological polar surface area (TPSA) is 49.7 Å². The molecule has 0 amide bonds. The van der Waals surface area contributed by atoms with Gasteiger partial charge in [0.1, 0.15) is 17.2 Å². The molecule has 22 heavy (non-hydrogen) atoms. The molecule has 3 nitrogen and oxygen atoms in total. The van der Waals surface area contributed by atoms with Crippen molar-refractivity contribution in [2.75, 3.05) is 6.61 Å². The van der Waals surface area contributed by atoms with Crippen LogP contribution in [0, 0.1) is 0 Å². The smallest absolute Gasteiger partial charge is 0.126 e. The van der Waals surface area contributed by atoms with E-state index in [0.29, 0.717) is 12.5 Å². The van der Waals surface area contributed by atoms with Crippen LogP contribution in [0.4, 0.5) is 0 Å². The molecule has 0 saturated carbocycles. The number of benzene rings is 2. The molecule has 1 aliphatic rings. The lowest BCUT2D eigenvalue weighted by molar-refractivity contribution is 0.163. The van der Waals surface area contributed by atoms with E-state index in [1.165, 1.54) is 5.56 Å². The van der Waals surface area contributed by atoms with Gasteiger partial charge in [0, 0.05) is 17.4 Å². The van der Waals surface area contributed by atoms with Gasteiger partial charge in [-0.3, -0.25) is 0 Å². The van der Waals surface area contributed by atoms with Crippen LogP contribution in [-0.2, 0) is 5.41 Å². The van der Waals surface area contributed by atoms with Crippen molar-refractivity contribution in [2.24, 2.45) is 0 Å². The molecule has 0 bridgehead atoms. The summed E-state index contributed by atoms with van der Waals surface area (Å²) in [6.45, 7) is 4.97. The van der Waals surface area contributed by atoms with E-state index >= 15 is 0 Å². The fourth-order valence-corrected chi connectivity index (χ4v) is 3.50. The second-order valence-corrected chi connectivity index (χ2v) is 6.32. The van der Waals surface area contributed by atoms with Crippen LogP contribution >= 0.6 is 0 Å². The maximum absolute atomic E-state index is 9.67. The Labute approximate surface area is 131 Å². The fourth-order valence-electron chi connectivity index (χ4n) is 3.50. The number of hydrogen-bond donors (Lipinski definition) is 2. The highest BCUT2D eigenvalue weighted by molar-refractivity contribution is 5.48. The third-order valence-corrected chi connectivity index (χ3v) is 4.77. The monoisotopic (exact) mass is 298 g/mol. The first-order valence-electron chi connectivity index (χ1n) is 7.80. The first-order valence-corrected chi connectivity index (χ1v) is 7.80. The van der Waals surface area contributed by atoms with Gasteiger partial charge < -0.3 is 14.9 Å². The summed E-state index contributed by atoms with van der Waals surface area (Å²) in [4.78, 5) is 0. The molecule has 3 rings (SSSR count). The molecule has 2 aromatic carbocycles. The molecular formula is C19H22O3. The van der Waals surface area contributed by atoms with Gasteiger partial charge in [-0.25, -0.2) is 0 Å². The Bertz CT molecular complexity index is 663. The van der Waals surface area contributed by atoms with Crippen LogP contribution in [0.15, 0.2) is 42.5 Å². The molecule has 2 aromatic rings. The molecule has 0 saturated heterocycles. The molecule has 2 atom stereocenters. The average molecular weight is 298 g/mol. The standard InChI is InChI=1S/C19H22O3/c1-3-4-17-16-10-9-15(21)11-18(16)22-12-19(17,2)13-5-7-14(20)8-6-13/h5-11,17,20-21H,3-4,12H2,1-2H3. The van der Waals surface area contributed by atoms with Crippen molar-refractivity contribution in [2.45, 2.75) is 38.0 Å². The second kappa shape index (κ2) is 5.56. The lowest BCUT2D eigenvalue weighted by Gasteiger charge is -2.43. The van der Waals surface area contributed by atoms with Crippen LogP contribution < -0.4 is 4.74 Å². The van der Waals surface area contributed by atoms with Crippen molar-refractivity contribution in [3.63, 3.8) is 0 Å². The van der Waals surface area contributed by atoms with E-state index in [1.807, 2.05) is 18.2 Å². The molecule has 1 heterocycles. The van der Waals surface area contributed by atoms with Crippen LogP contribution in [0.25, 0.3) is 0 Å². The Hall–Kier alpha value is -2.16. The third-order valence-electron chi connectivity index (χ3n) is 4.77. The number of fused-ring (bicyclic) bond motifs is 1. The van der Waals surface area contributed by atoms with Crippen molar-refractivity contribution in [1.29, 1.82) is 0 Å². The number of hydrogen-bond acceptors (Lipinski definition) is 3. The number of ether oxygens (including phenoxy) is 1. The molecular weight excluding hydrogens is 276 g/mol. The van der Waals surface area contributed by atoms with Crippen molar-refractivity contribution in [3.05, 3.63) is 53.6 Å². The Kier molecular flexibility index (Phi) is 3.73. The van der Waals surface area contributed by atoms with E-state index in [4.69, 9.17) is 4.74 Å². The van der Waals surface area contributed by atoms with E-state index in [1.54, 1.807) is 24.3 Å². The molecule has 116 valence electrons. The minimum atomic E-state index is -0.145. The summed E-state index contributed by atoms with van der Waals surface area (Å²) in [6.07, 6.45) is 2.14. The predicted molar refractivity (Wildman–Crippen MR) is 86.7 cm³/mol. The molecule has 0 spiro atoms. The van der Waals surface area contributed by atoms with Gasteiger partial charge >= 0.3 is 0 Å². The van der Waals surface area contributed by atoms with Crippen molar-refractivity contribution in [1.82, 2.24) is 0 Å². The van der Waals surface area contributed by atoms with Gasteiger partial charge in [0.25, 0.3) is 0 Å². The van der Waals surface area contributed by atoms with Gasteiger partial charge in [0.05, 0.1) is 6.61 Å². The number of phenolic OH excluding ortho intramolecular Hbond substituents is 2. The summed E-state index contributed by atoms with van der Waals surface area (Å²) < 4.78 is 5.96. The Morgan fingerprint density at radius 1 is 1.09 bits per heavy atom. The lowest BCUT2D eigenvalue weighted by atomic mass is 9.66. The highest BCUT2D eigenvalue weighted by Crippen LogP contribution is 2.49. The minimum Gasteiger partial charge on any atom is -0.508 e. The predicted octanol–water partition coefficient (Wildman–Crippen LogP) is 4.33. The second-order valence-electron chi connectivity index (χ2n) is 6.32. The lowest BCUT2D eigenvalue weighted by Crippen LogP contribution is -2.40. The van der Waals surface area contributed by atoms with Crippen LogP contribution in [0.5, 0.6) is 17.2 Å². The number of rotatable bonds is 3. The highest BCUT2D eigenvalue weighted by atomic mass is 16.5. The van der Waals surface area contributed by atoms with Gasteiger partial charge in [-0.2, -0.15) is 0 Å². The Morgan fingerprint density at radius 3 is 2.45 bits per heavy atom. The summed E-state index contributed by atoms with van der Waals surface area (Å²) in [5, 5.41) is 19.2. The van der Waals surface area contributed by atoms with Crippen LogP contribution in [0.2, 0.25) is 0 Å². The summed E-state index contributed by atoms with van der Waals surface area (Å²) >= 11 is 0. The van der Waals surface area contributed by atoms with Gasteiger partial charge in [-0.15, -0.1) is 0 Å². The highest BCUT2D eigenvalue weighted by Gasteiger charge is 2.41. The Balaban J connectivity index is 2.07. The van der Waals surface area contributed by atoms with E-state index in [2.05, 4.69) is 13.8 Å². The van der Waals surface area contributed by atoms with E-state index in [-0.39, 0.29) is 16.9 Å². The van der Waals surface area contributed by atoms with Gasteiger partial charge in [0.2, 0.25) is 0 Å². The first kappa shape index (κ1) is 14.8. The molecule has 2 unspecified atom stereocenters. The van der Waals surface area contributed by atoms with Gasteiger partial charge in [0.15, 0.2) is 0 Å². The van der Waals surface area contributed by atoms with E-state index in [9.17, 15) is 10.2 Å². The molecule has 2 N–H and O–H groups in total. The normalized spacial score (nSPS) is 23.6. The zero-order chi connectivity index (χ0) is 15.7. The van der Waals surface area contributed by atoms with Crippen molar-refractivity contribution in [3.8, 4) is 17.2 Å². The van der Waals surface area contributed by atoms with Gasteiger partial charge in [-0.1, -0.05) is 38.5 Å². The van der Waals surface area contributed by atoms with Crippen LogP contribution in [-0.4, -0.2) is 16.8 Å². The molecule has 0 aliphatic carbocycles. The summed E-state index contributed by atoms with van der Waals surface area (Å²) in [7, 11) is 0. The largest absolute Gasteiger partial charge is 0.508 e. The molecule has 3 heteroatoms. The number of aromatic hydroxyl groups is 2. The zero-order valence-electron chi connectivity index (χ0n) is 13.0. The van der Waals surface area contributed by atoms with Crippen molar-refractivity contribution >= 4 is 0 Å². The maximum atomic E-state index is 9.67. The quantitative estimate of drug-likeness (QED) is 0.886. The van der Waals surface area contributed by atoms with Gasteiger partial charge in [-0.05, 0) is 35.7 Å². The van der Waals surface area contributed by atoms with Crippen molar-refractivity contribution < 1.29 is 14.9 Å². The Morgan fingerprint density at radius 2 is 1.77 bits per heavy atom. The SMILES string of the molecule is CCCC1c2ccc(O)cc2OCC1(C)c1ccc(O)cc1. The number of phenols is 2. The molecule has 1 aliphatic heterocycles. The summed E-state index contributed by atoms with van der Waals surface area (Å²) in [5.41, 5.74) is 2.18. The average Bonchev–Trinajstić information content (AvgIpc) is 2.51.